The molecular weight excluding hydrogens is 147 g/mol. The molecule has 5 nitrogen and oxygen atoms in total. The Hall–Kier alpha value is -1.46. The molecule has 1 aromatic rings. The van der Waals surface area contributed by atoms with Gasteiger partial charge in [-0.1, -0.05) is 0 Å². The fourth-order valence-corrected chi connectivity index (χ4v) is 0.592. The van der Waals surface area contributed by atoms with Crippen molar-refractivity contribution < 1.29 is 13.9 Å². The average molecular weight is 152 g/mol. The Morgan fingerprint density at radius 3 is 2.82 bits per heavy atom. The maximum atomic E-state index is 10.8. The van der Waals surface area contributed by atoms with E-state index < -0.39 is 5.97 Å². The highest BCUT2D eigenvalue weighted by atomic mass is 16.5. The van der Waals surface area contributed by atoms with Crippen LogP contribution in [0.4, 0.5) is 5.88 Å². The van der Waals surface area contributed by atoms with Crippen molar-refractivity contribution >= 4 is 25.5 Å². The molecule has 11 heavy (non-hydrogen) atoms. The van der Waals surface area contributed by atoms with Gasteiger partial charge in [0.25, 0.3) is 0 Å². The summed E-state index contributed by atoms with van der Waals surface area (Å²) in [6.07, 6.45) is 0. The van der Waals surface area contributed by atoms with Crippen molar-refractivity contribution in [3.05, 3.63) is 5.69 Å². The van der Waals surface area contributed by atoms with Gasteiger partial charge in [-0.3, -0.25) is 0 Å². The summed E-state index contributed by atoms with van der Waals surface area (Å²) in [6.45, 7) is 0. The van der Waals surface area contributed by atoms with E-state index in [-0.39, 0.29) is 17.4 Å². The quantitative estimate of drug-likeness (QED) is 0.405. The topological polar surface area (TPSA) is 78.3 Å². The van der Waals surface area contributed by atoms with Crippen LogP contribution in [-0.2, 0) is 4.74 Å². The van der Waals surface area contributed by atoms with Gasteiger partial charge < -0.3 is 14.9 Å². The summed E-state index contributed by atoms with van der Waals surface area (Å²) in [7, 11) is 6.32. The lowest BCUT2D eigenvalue weighted by Gasteiger charge is -1.91. The molecule has 0 aliphatic heterocycles. The molecule has 0 aliphatic carbocycles. The number of anilines is 1. The van der Waals surface area contributed by atoms with Gasteiger partial charge in [0.15, 0.2) is 7.85 Å². The first-order chi connectivity index (χ1) is 5.15. The molecule has 0 spiro atoms. The maximum absolute atomic E-state index is 10.8. The number of hydrogen-bond donors (Lipinski definition) is 1. The maximum Gasteiger partial charge on any atom is 0.362 e. The molecule has 0 bridgehead atoms. The molecule has 1 aromatic heterocycles. The predicted molar refractivity (Wildman–Crippen MR) is 37.6 cm³/mol. The van der Waals surface area contributed by atoms with Gasteiger partial charge in [0.2, 0.25) is 11.6 Å². The third-order valence-electron chi connectivity index (χ3n) is 1.05. The van der Waals surface area contributed by atoms with E-state index in [0.29, 0.717) is 0 Å². The number of nitrogens with two attached hydrogens (primary N) is 1. The number of oxazole rings is 1. The first-order valence-electron chi connectivity index (χ1n) is 2.75. The first-order valence-corrected chi connectivity index (χ1v) is 2.75. The van der Waals surface area contributed by atoms with Gasteiger partial charge in [0.1, 0.15) is 5.79 Å². The van der Waals surface area contributed by atoms with Crippen LogP contribution in [0.3, 0.4) is 0 Å². The Kier molecular flexibility index (Phi) is 1.84. The molecule has 0 fully saturated rings. The predicted octanol–water partition coefficient (Wildman–Crippen LogP) is -1.16. The van der Waals surface area contributed by atoms with Gasteiger partial charge in [-0.15, -0.1) is 0 Å². The highest BCUT2D eigenvalue weighted by Crippen LogP contribution is 2.06. The zero-order valence-electron chi connectivity index (χ0n) is 5.83. The van der Waals surface area contributed by atoms with Crippen LogP contribution < -0.4 is 11.5 Å². The van der Waals surface area contributed by atoms with E-state index >= 15 is 0 Å². The van der Waals surface area contributed by atoms with Crippen molar-refractivity contribution in [3.8, 4) is 0 Å². The van der Waals surface area contributed by atoms with Crippen LogP contribution in [-0.4, -0.2) is 25.9 Å². The molecule has 0 atom stereocenters. The fraction of sp³-hybridized carbons (Fsp3) is 0.200. The molecule has 0 aliphatic rings. The van der Waals surface area contributed by atoms with Crippen molar-refractivity contribution in [1.82, 2.24) is 4.98 Å². The molecule has 0 amide bonds. The summed E-state index contributed by atoms with van der Waals surface area (Å²) in [5.74, 6) is -0.944. The van der Waals surface area contributed by atoms with Crippen molar-refractivity contribution in [2.75, 3.05) is 12.8 Å². The second kappa shape index (κ2) is 2.65. The molecule has 2 radical (unpaired) electrons. The van der Waals surface area contributed by atoms with E-state index in [1.54, 1.807) is 0 Å². The third-order valence-corrected chi connectivity index (χ3v) is 1.05. The Morgan fingerprint density at radius 1 is 1.82 bits per heavy atom. The van der Waals surface area contributed by atoms with Crippen molar-refractivity contribution in [3.63, 3.8) is 0 Å². The summed E-state index contributed by atoms with van der Waals surface area (Å²) in [5, 5.41) is 0. The average Bonchev–Trinajstić information content (AvgIpc) is 2.28. The zero-order valence-corrected chi connectivity index (χ0v) is 5.83. The van der Waals surface area contributed by atoms with Crippen molar-refractivity contribution in [1.29, 1.82) is 0 Å². The first kappa shape index (κ1) is 7.65. The zero-order chi connectivity index (χ0) is 8.43. The van der Waals surface area contributed by atoms with Crippen molar-refractivity contribution in [2.45, 2.75) is 0 Å². The Morgan fingerprint density at radius 2 is 2.45 bits per heavy atom. The standard InChI is InChI=1S/C5H5BN2O3/c1-10-4(9)2-3(7)11-5(6)8-2/h7H2,1H3. The van der Waals surface area contributed by atoms with E-state index in [9.17, 15) is 4.79 Å². The lowest BCUT2D eigenvalue weighted by atomic mass is 10.2. The van der Waals surface area contributed by atoms with E-state index in [0.717, 1.165) is 0 Å². The summed E-state index contributed by atoms with van der Waals surface area (Å²) in [6, 6.07) is 0. The highest BCUT2D eigenvalue weighted by molar-refractivity contribution is 6.28. The van der Waals surface area contributed by atoms with Crippen LogP contribution >= 0.6 is 0 Å². The molecule has 2 N–H and O–H groups in total. The minimum Gasteiger partial charge on any atom is -0.464 e. The minimum absolute atomic E-state index is 0.0926. The largest absolute Gasteiger partial charge is 0.464 e. The summed E-state index contributed by atoms with van der Waals surface area (Å²) >= 11 is 0. The Balaban J connectivity index is 3.03. The molecule has 6 heteroatoms. The minimum atomic E-state index is -0.664. The smallest absolute Gasteiger partial charge is 0.362 e. The third kappa shape index (κ3) is 1.34. The second-order valence-corrected chi connectivity index (χ2v) is 1.76. The molecule has 0 saturated heterocycles. The van der Waals surface area contributed by atoms with Gasteiger partial charge in [-0.05, 0) is 0 Å². The highest BCUT2D eigenvalue weighted by Gasteiger charge is 2.15. The lowest BCUT2D eigenvalue weighted by molar-refractivity contribution is 0.0595. The van der Waals surface area contributed by atoms with E-state index in [1.165, 1.54) is 7.11 Å². The van der Waals surface area contributed by atoms with Gasteiger partial charge in [-0.2, -0.15) is 0 Å². The number of hydrogen-bond acceptors (Lipinski definition) is 5. The number of ether oxygens (including phenoxy) is 1. The number of nitrogens with zero attached hydrogens (tertiary/aromatic N) is 1. The lowest BCUT2D eigenvalue weighted by Crippen LogP contribution is -2.07. The number of esters is 1. The van der Waals surface area contributed by atoms with Crippen LogP contribution in [0, 0.1) is 0 Å². The Labute approximate surface area is 63.9 Å². The number of methoxy groups -OCH3 is 1. The monoisotopic (exact) mass is 152 g/mol. The number of rotatable bonds is 1. The molecular formula is C5H5BN2O3. The van der Waals surface area contributed by atoms with Crippen LogP contribution in [0.2, 0.25) is 0 Å². The number of aromatic nitrogens is 1. The van der Waals surface area contributed by atoms with Crippen LogP contribution in [0.1, 0.15) is 10.5 Å². The normalized spacial score (nSPS) is 9.55. The van der Waals surface area contributed by atoms with Crippen LogP contribution in [0.5, 0.6) is 0 Å². The van der Waals surface area contributed by atoms with E-state index in [1.807, 2.05) is 0 Å². The summed E-state index contributed by atoms with van der Waals surface area (Å²) < 4.78 is 8.91. The van der Waals surface area contributed by atoms with Gasteiger partial charge in [0, 0.05) is 0 Å². The fourth-order valence-electron chi connectivity index (χ4n) is 0.592. The molecule has 0 saturated carbocycles. The Bertz CT molecular complexity index is 283. The van der Waals surface area contributed by atoms with Gasteiger partial charge in [-0.25, -0.2) is 9.78 Å². The van der Waals surface area contributed by atoms with Crippen LogP contribution in [0.15, 0.2) is 4.42 Å². The van der Waals surface area contributed by atoms with Gasteiger partial charge >= 0.3 is 5.97 Å². The second-order valence-electron chi connectivity index (χ2n) is 1.76. The molecule has 56 valence electrons. The number of nitrogen functional groups attached to an aromatic ring is 1. The summed E-state index contributed by atoms with van der Waals surface area (Å²) in [5.41, 5.74) is 5.12. The SMILES string of the molecule is [B]c1nc(C(=O)OC)c(N)o1. The van der Waals surface area contributed by atoms with E-state index in [2.05, 4.69) is 14.1 Å². The number of carbonyl (C=O) groups excluding carboxylic acids is 1. The molecule has 1 rings (SSSR count). The summed E-state index contributed by atoms with van der Waals surface area (Å²) in [4.78, 5) is 14.3. The molecule has 1 heterocycles. The van der Waals surface area contributed by atoms with E-state index in [4.69, 9.17) is 13.6 Å². The molecule has 0 unspecified atom stereocenters. The molecule has 0 aromatic carbocycles. The van der Waals surface area contributed by atoms with Crippen molar-refractivity contribution in [2.24, 2.45) is 0 Å². The van der Waals surface area contributed by atoms with Gasteiger partial charge in [0.05, 0.1) is 7.11 Å². The number of carbonyl (C=O) groups is 1. The van der Waals surface area contributed by atoms with Crippen LogP contribution in [0.25, 0.3) is 0 Å².